The molecule has 1 atom stereocenters. The van der Waals surface area contributed by atoms with Crippen molar-refractivity contribution in [3.05, 3.63) is 0 Å². The quantitative estimate of drug-likeness (QED) is 0.509. The van der Waals surface area contributed by atoms with Gasteiger partial charge in [0.15, 0.2) is 6.29 Å². The van der Waals surface area contributed by atoms with Gasteiger partial charge in [-0.1, -0.05) is 0 Å². The summed E-state index contributed by atoms with van der Waals surface area (Å²) in [5.74, 6) is 0. The fraction of sp³-hybridized carbons (Fsp3) is 1.00. The Labute approximate surface area is 79.6 Å². The first-order valence-electron chi connectivity index (χ1n) is 4.04. The summed E-state index contributed by atoms with van der Waals surface area (Å²) in [6, 6.07) is 0. The van der Waals surface area contributed by atoms with Crippen molar-refractivity contribution < 1.29 is 32.5 Å². The van der Waals surface area contributed by atoms with E-state index >= 15 is 0 Å². The second-order valence-corrected chi connectivity index (χ2v) is 2.25. The van der Waals surface area contributed by atoms with Crippen LogP contribution < -0.4 is 0 Å². The zero-order valence-electron chi connectivity index (χ0n) is 7.71. The van der Waals surface area contributed by atoms with Gasteiger partial charge in [-0.25, -0.2) is 0 Å². The van der Waals surface area contributed by atoms with E-state index < -0.39 is 12.7 Å². The molecule has 0 fully saturated rings. The Morgan fingerprint density at radius 3 is 2.43 bits per heavy atom. The molecule has 4 nitrogen and oxygen atoms in total. The summed E-state index contributed by atoms with van der Waals surface area (Å²) in [5, 5.41) is 8.31. The zero-order chi connectivity index (χ0) is 11.0. The van der Waals surface area contributed by atoms with Gasteiger partial charge in [0.2, 0.25) is 0 Å². The Kier molecular flexibility index (Phi) is 6.81. The highest BCUT2D eigenvalue weighted by atomic mass is 19.4. The first kappa shape index (κ1) is 13.6. The lowest BCUT2D eigenvalue weighted by Crippen LogP contribution is -2.30. The summed E-state index contributed by atoms with van der Waals surface area (Å²) in [5.41, 5.74) is 0. The van der Waals surface area contributed by atoms with Crippen LogP contribution in [-0.2, 0) is 14.2 Å². The summed E-state index contributed by atoms with van der Waals surface area (Å²) >= 11 is 0. The number of hydrogen-bond acceptors (Lipinski definition) is 4. The second kappa shape index (κ2) is 6.99. The van der Waals surface area contributed by atoms with Crippen molar-refractivity contribution in [1.82, 2.24) is 0 Å². The van der Waals surface area contributed by atoms with Crippen LogP contribution in [0.15, 0.2) is 0 Å². The molecule has 14 heavy (non-hydrogen) atoms. The lowest BCUT2D eigenvalue weighted by atomic mass is 10.6. The number of ether oxygens (including phenoxy) is 3. The average Bonchev–Trinajstić information content (AvgIpc) is 2.02. The Balaban J connectivity index is 3.77. The van der Waals surface area contributed by atoms with E-state index in [0.29, 0.717) is 0 Å². The van der Waals surface area contributed by atoms with Crippen molar-refractivity contribution in [2.24, 2.45) is 0 Å². The second-order valence-electron chi connectivity index (χ2n) is 2.25. The third-order valence-corrected chi connectivity index (χ3v) is 1.11. The first-order chi connectivity index (χ1) is 6.49. The number of alkyl halides is 3. The Morgan fingerprint density at radius 1 is 1.36 bits per heavy atom. The van der Waals surface area contributed by atoms with Crippen molar-refractivity contribution in [3.8, 4) is 0 Å². The molecule has 0 saturated heterocycles. The normalized spacial score (nSPS) is 14.4. The molecule has 0 amide bonds. The van der Waals surface area contributed by atoms with Crippen molar-refractivity contribution in [2.45, 2.75) is 19.6 Å². The summed E-state index contributed by atoms with van der Waals surface area (Å²) in [7, 11) is 0. The maximum atomic E-state index is 11.7. The predicted octanol–water partition coefficient (Wildman–Crippen LogP) is 0.894. The standard InChI is InChI=1S/C7H13F3O4/c1-2-13-6(5-12-4-3-11)14-7(8,9)10/h6,11H,2-5H2,1H3. The van der Waals surface area contributed by atoms with Crippen LogP contribution in [0.1, 0.15) is 6.92 Å². The molecule has 0 heterocycles. The molecular weight excluding hydrogens is 205 g/mol. The van der Waals surface area contributed by atoms with E-state index in [0.717, 1.165) is 0 Å². The van der Waals surface area contributed by atoms with Gasteiger partial charge in [0.05, 0.1) is 19.8 Å². The molecule has 0 radical (unpaired) electrons. The van der Waals surface area contributed by atoms with Gasteiger partial charge in [-0.05, 0) is 6.92 Å². The largest absolute Gasteiger partial charge is 0.524 e. The van der Waals surface area contributed by atoms with Crippen LogP contribution in [0.3, 0.4) is 0 Å². The molecule has 1 N–H and O–H groups in total. The smallest absolute Gasteiger partial charge is 0.394 e. The summed E-state index contributed by atoms with van der Waals surface area (Å²) in [6.45, 7) is 0.950. The van der Waals surface area contributed by atoms with Crippen molar-refractivity contribution in [1.29, 1.82) is 0 Å². The molecular formula is C7H13F3O4. The minimum Gasteiger partial charge on any atom is -0.394 e. The third-order valence-electron chi connectivity index (χ3n) is 1.11. The molecule has 0 aromatic heterocycles. The van der Waals surface area contributed by atoms with Crippen LogP contribution in [0.2, 0.25) is 0 Å². The molecule has 0 aromatic rings. The van der Waals surface area contributed by atoms with Crippen LogP contribution in [0, 0.1) is 0 Å². The first-order valence-corrected chi connectivity index (χ1v) is 4.04. The zero-order valence-corrected chi connectivity index (χ0v) is 7.71. The van der Waals surface area contributed by atoms with E-state index in [1.54, 1.807) is 6.92 Å². The molecule has 7 heteroatoms. The predicted molar refractivity (Wildman–Crippen MR) is 40.5 cm³/mol. The van der Waals surface area contributed by atoms with Gasteiger partial charge in [-0.15, -0.1) is 13.2 Å². The van der Waals surface area contributed by atoms with Crippen molar-refractivity contribution in [3.63, 3.8) is 0 Å². The topological polar surface area (TPSA) is 47.9 Å². The lowest BCUT2D eigenvalue weighted by Gasteiger charge is -2.18. The fourth-order valence-electron chi connectivity index (χ4n) is 0.695. The van der Waals surface area contributed by atoms with Crippen LogP contribution >= 0.6 is 0 Å². The van der Waals surface area contributed by atoms with Crippen LogP contribution in [-0.4, -0.2) is 44.2 Å². The minimum absolute atomic E-state index is 0.0508. The monoisotopic (exact) mass is 218 g/mol. The average molecular weight is 218 g/mol. The molecule has 0 bridgehead atoms. The SMILES string of the molecule is CCOC(COCCO)OC(F)(F)F. The Hall–Kier alpha value is -0.370. The van der Waals surface area contributed by atoms with E-state index in [4.69, 9.17) is 5.11 Å². The van der Waals surface area contributed by atoms with E-state index in [1.165, 1.54) is 0 Å². The van der Waals surface area contributed by atoms with E-state index in [2.05, 4.69) is 14.2 Å². The summed E-state index contributed by atoms with van der Waals surface area (Å²) < 4.78 is 48.0. The molecule has 0 aliphatic carbocycles. The van der Waals surface area contributed by atoms with Crippen LogP contribution in [0.4, 0.5) is 13.2 Å². The molecule has 0 aliphatic rings. The third kappa shape index (κ3) is 8.24. The van der Waals surface area contributed by atoms with Crippen LogP contribution in [0.25, 0.3) is 0 Å². The van der Waals surface area contributed by atoms with Gasteiger partial charge in [0, 0.05) is 6.61 Å². The highest BCUT2D eigenvalue weighted by Crippen LogP contribution is 2.19. The molecule has 1 unspecified atom stereocenters. The van der Waals surface area contributed by atoms with Gasteiger partial charge >= 0.3 is 6.36 Å². The number of hydrogen-bond donors (Lipinski definition) is 1. The Morgan fingerprint density at radius 2 is 2.00 bits per heavy atom. The van der Waals surface area contributed by atoms with Gasteiger partial charge < -0.3 is 14.6 Å². The highest BCUT2D eigenvalue weighted by Gasteiger charge is 2.34. The summed E-state index contributed by atoms with van der Waals surface area (Å²) in [6.07, 6.45) is -6.23. The fourth-order valence-corrected chi connectivity index (χ4v) is 0.695. The molecule has 86 valence electrons. The maximum Gasteiger partial charge on any atom is 0.524 e. The van der Waals surface area contributed by atoms with E-state index in [-0.39, 0.29) is 26.4 Å². The van der Waals surface area contributed by atoms with Gasteiger partial charge in [-0.3, -0.25) is 4.74 Å². The van der Waals surface area contributed by atoms with Crippen LogP contribution in [0.5, 0.6) is 0 Å². The van der Waals surface area contributed by atoms with Gasteiger partial charge in [0.1, 0.15) is 0 Å². The Bertz CT molecular complexity index is 139. The molecule has 0 aliphatic heterocycles. The number of aliphatic hydroxyl groups excluding tert-OH is 1. The lowest BCUT2D eigenvalue weighted by molar-refractivity contribution is -0.383. The van der Waals surface area contributed by atoms with Crippen molar-refractivity contribution >= 4 is 0 Å². The molecule has 0 spiro atoms. The molecule has 0 aromatic carbocycles. The molecule has 0 saturated carbocycles. The number of halogens is 3. The minimum atomic E-state index is -4.75. The van der Waals surface area contributed by atoms with E-state index in [1.807, 2.05) is 0 Å². The summed E-state index contributed by atoms with van der Waals surface area (Å²) in [4.78, 5) is 0. The molecule has 0 rings (SSSR count). The number of rotatable bonds is 7. The van der Waals surface area contributed by atoms with Gasteiger partial charge in [-0.2, -0.15) is 0 Å². The van der Waals surface area contributed by atoms with E-state index in [9.17, 15) is 13.2 Å². The maximum absolute atomic E-state index is 11.7. The van der Waals surface area contributed by atoms with Crippen molar-refractivity contribution in [2.75, 3.05) is 26.4 Å². The van der Waals surface area contributed by atoms with Gasteiger partial charge in [0.25, 0.3) is 0 Å². The number of aliphatic hydroxyl groups is 1. The highest BCUT2D eigenvalue weighted by molar-refractivity contribution is 4.43.